The zero-order chi connectivity index (χ0) is 12.4. The Morgan fingerprint density at radius 2 is 1.29 bits per heavy atom. The standard InChI is InChI=1S/C15H28N2/c1-12-5-13(2)7-14(6-12,3-4-16)10-15(8-12,9-13)11-17/h3-11,16-17H2,1-2H3/p+2. The van der Waals surface area contributed by atoms with Crippen molar-refractivity contribution in [3.63, 3.8) is 0 Å². The topological polar surface area (TPSA) is 55.3 Å². The molecule has 0 saturated heterocycles. The lowest BCUT2D eigenvalue weighted by atomic mass is 9.35. The van der Waals surface area contributed by atoms with Crippen LogP contribution in [0.15, 0.2) is 0 Å². The third kappa shape index (κ3) is 1.67. The van der Waals surface area contributed by atoms with Gasteiger partial charge < -0.3 is 11.5 Å². The molecule has 0 aliphatic heterocycles. The molecule has 0 amide bonds. The second kappa shape index (κ2) is 3.27. The van der Waals surface area contributed by atoms with Crippen LogP contribution in [0.1, 0.15) is 58.8 Å². The maximum atomic E-state index is 4.31. The van der Waals surface area contributed by atoms with E-state index in [0.29, 0.717) is 21.7 Å². The van der Waals surface area contributed by atoms with Crippen molar-refractivity contribution in [3.8, 4) is 0 Å². The fourth-order valence-corrected chi connectivity index (χ4v) is 7.10. The van der Waals surface area contributed by atoms with Crippen molar-refractivity contribution < 1.29 is 11.5 Å². The zero-order valence-corrected chi connectivity index (χ0v) is 11.8. The Kier molecular flexibility index (Phi) is 2.30. The molecule has 2 unspecified atom stereocenters. The number of rotatable bonds is 3. The summed E-state index contributed by atoms with van der Waals surface area (Å²) in [4.78, 5) is 0. The fraction of sp³-hybridized carbons (Fsp3) is 1.00. The summed E-state index contributed by atoms with van der Waals surface area (Å²) in [6.07, 6.45) is 10.2. The molecule has 0 heterocycles. The van der Waals surface area contributed by atoms with E-state index in [0.717, 1.165) is 13.1 Å². The molecular weight excluding hydrogens is 208 g/mol. The van der Waals surface area contributed by atoms with Gasteiger partial charge in [0, 0.05) is 11.8 Å². The highest BCUT2D eigenvalue weighted by Gasteiger charge is 2.65. The van der Waals surface area contributed by atoms with Gasteiger partial charge in [-0.25, -0.2) is 0 Å². The summed E-state index contributed by atoms with van der Waals surface area (Å²) in [6, 6.07) is 0. The predicted octanol–water partition coefficient (Wildman–Crippen LogP) is 1.23. The van der Waals surface area contributed by atoms with E-state index in [-0.39, 0.29) is 0 Å². The first-order valence-electron chi connectivity index (χ1n) is 7.45. The Labute approximate surface area is 106 Å². The zero-order valence-electron chi connectivity index (χ0n) is 11.8. The van der Waals surface area contributed by atoms with E-state index in [9.17, 15) is 0 Å². The van der Waals surface area contributed by atoms with Gasteiger partial charge in [-0.2, -0.15) is 0 Å². The summed E-state index contributed by atoms with van der Waals surface area (Å²) in [5.41, 5.74) is 10.9. The monoisotopic (exact) mass is 238 g/mol. The van der Waals surface area contributed by atoms with Crippen molar-refractivity contribution in [2.75, 3.05) is 13.1 Å². The third-order valence-corrected chi connectivity index (χ3v) is 6.05. The lowest BCUT2D eigenvalue weighted by molar-refractivity contribution is -0.416. The van der Waals surface area contributed by atoms with Crippen molar-refractivity contribution in [1.29, 1.82) is 0 Å². The Balaban J connectivity index is 2.01. The Bertz CT molecular complexity index is 318. The van der Waals surface area contributed by atoms with Gasteiger partial charge >= 0.3 is 0 Å². The molecule has 0 aromatic rings. The van der Waals surface area contributed by atoms with Crippen LogP contribution >= 0.6 is 0 Å². The van der Waals surface area contributed by atoms with E-state index < -0.39 is 0 Å². The third-order valence-electron chi connectivity index (χ3n) is 6.05. The van der Waals surface area contributed by atoms with E-state index in [1.807, 2.05) is 0 Å². The van der Waals surface area contributed by atoms with Crippen molar-refractivity contribution in [2.45, 2.75) is 58.8 Å². The molecule has 98 valence electrons. The summed E-state index contributed by atoms with van der Waals surface area (Å²) < 4.78 is 0. The second-order valence-corrected chi connectivity index (χ2v) is 8.54. The highest BCUT2D eigenvalue weighted by atomic mass is 14.7. The van der Waals surface area contributed by atoms with E-state index in [1.165, 1.54) is 44.9 Å². The average molecular weight is 238 g/mol. The molecule has 4 aliphatic rings. The first-order chi connectivity index (χ1) is 7.86. The summed E-state index contributed by atoms with van der Waals surface area (Å²) in [6.45, 7) is 7.41. The van der Waals surface area contributed by atoms with Crippen LogP contribution in [-0.2, 0) is 0 Å². The molecule has 0 aromatic heterocycles. The lowest BCUT2D eigenvalue weighted by Crippen LogP contribution is -2.68. The maximum Gasteiger partial charge on any atom is 0.0797 e. The van der Waals surface area contributed by atoms with Gasteiger partial charge in [0.1, 0.15) is 0 Å². The van der Waals surface area contributed by atoms with Gasteiger partial charge in [-0.1, -0.05) is 13.8 Å². The Morgan fingerprint density at radius 3 is 1.76 bits per heavy atom. The molecule has 4 fully saturated rings. The normalized spacial score (nSPS) is 56.5. The van der Waals surface area contributed by atoms with Crippen molar-refractivity contribution in [1.82, 2.24) is 0 Å². The molecule has 2 atom stereocenters. The molecule has 4 bridgehead atoms. The number of hydrogen-bond donors (Lipinski definition) is 2. The Hall–Kier alpha value is -0.0800. The van der Waals surface area contributed by atoms with E-state index in [1.54, 1.807) is 0 Å². The SMILES string of the molecule is CC12CC3(C)CC(C[NH3+])(C1)CC(CC[NH3+])(C2)C3. The molecule has 6 N–H and O–H groups in total. The van der Waals surface area contributed by atoms with Gasteiger partial charge in [-0.05, 0) is 54.8 Å². The van der Waals surface area contributed by atoms with Crippen molar-refractivity contribution >= 4 is 0 Å². The summed E-state index contributed by atoms with van der Waals surface area (Å²) in [5.74, 6) is 0. The van der Waals surface area contributed by atoms with E-state index in [2.05, 4.69) is 25.3 Å². The summed E-state index contributed by atoms with van der Waals surface area (Å²) in [5, 5.41) is 0. The summed E-state index contributed by atoms with van der Waals surface area (Å²) in [7, 11) is 0. The van der Waals surface area contributed by atoms with Crippen LogP contribution in [0.3, 0.4) is 0 Å². The van der Waals surface area contributed by atoms with Gasteiger partial charge in [0.2, 0.25) is 0 Å². The van der Waals surface area contributed by atoms with Gasteiger partial charge in [0.25, 0.3) is 0 Å². The first kappa shape index (κ1) is 12.0. The fourth-order valence-electron chi connectivity index (χ4n) is 7.10. The molecule has 2 heteroatoms. The van der Waals surface area contributed by atoms with Crippen LogP contribution in [-0.4, -0.2) is 13.1 Å². The quantitative estimate of drug-likeness (QED) is 0.743. The molecule has 0 radical (unpaired) electrons. The predicted molar refractivity (Wildman–Crippen MR) is 68.9 cm³/mol. The van der Waals surface area contributed by atoms with Crippen LogP contribution in [0, 0.1) is 21.7 Å². The minimum absolute atomic E-state index is 0.591. The van der Waals surface area contributed by atoms with Gasteiger partial charge in [0.15, 0.2) is 0 Å². The molecule has 2 nitrogen and oxygen atoms in total. The van der Waals surface area contributed by atoms with Crippen LogP contribution in [0.5, 0.6) is 0 Å². The van der Waals surface area contributed by atoms with Crippen molar-refractivity contribution in [2.24, 2.45) is 21.7 Å². The largest absolute Gasteiger partial charge is 0.358 e. The average Bonchev–Trinajstić information content (AvgIpc) is 2.11. The number of hydrogen-bond acceptors (Lipinski definition) is 0. The minimum Gasteiger partial charge on any atom is -0.358 e. The molecule has 4 aliphatic carbocycles. The van der Waals surface area contributed by atoms with Gasteiger partial charge in [-0.3, -0.25) is 0 Å². The van der Waals surface area contributed by atoms with E-state index >= 15 is 0 Å². The number of quaternary nitrogens is 2. The van der Waals surface area contributed by atoms with E-state index in [4.69, 9.17) is 0 Å². The molecule has 4 saturated carbocycles. The molecule has 0 aromatic carbocycles. The summed E-state index contributed by atoms with van der Waals surface area (Å²) >= 11 is 0. The lowest BCUT2D eigenvalue weighted by Gasteiger charge is -2.69. The molecular formula is C15H30N2+2. The molecule has 4 rings (SSSR count). The first-order valence-corrected chi connectivity index (χ1v) is 7.45. The van der Waals surface area contributed by atoms with Gasteiger partial charge in [0.05, 0.1) is 13.1 Å². The highest BCUT2D eigenvalue weighted by Crippen LogP contribution is 2.73. The van der Waals surface area contributed by atoms with Crippen LogP contribution in [0.2, 0.25) is 0 Å². The maximum absolute atomic E-state index is 4.31. The molecule has 0 spiro atoms. The van der Waals surface area contributed by atoms with Crippen LogP contribution < -0.4 is 11.5 Å². The molecule has 17 heavy (non-hydrogen) atoms. The second-order valence-electron chi connectivity index (χ2n) is 8.54. The van der Waals surface area contributed by atoms with Crippen LogP contribution in [0.25, 0.3) is 0 Å². The van der Waals surface area contributed by atoms with Crippen molar-refractivity contribution in [3.05, 3.63) is 0 Å². The smallest absolute Gasteiger partial charge is 0.0797 e. The Morgan fingerprint density at radius 1 is 0.765 bits per heavy atom. The van der Waals surface area contributed by atoms with Gasteiger partial charge in [-0.15, -0.1) is 0 Å². The van der Waals surface area contributed by atoms with Crippen LogP contribution in [0.4, 0.5) is 0 Å². The highest BCUT2D eigenvalue weighted by molar-refractivity contribution is 5.14. The minimum atomic E-state index is 0.591.